The number of rotatable bonds is 71. The topological polar surface area (TPSA) is 439 Å². The highest BCUT2D eigenvalue weighted by molar-refractivity contribution is 7.45. The van der Waals surface area contributed by atoms with Crippen molar-refractivity contribution >= 4 is 48.4 Å². The SMILES string of the molecule is C=C(CCCCCC(=O)CCCCOC1CC(CO)C(O)C(O)C1C)CCOCC(COCCC(=O)CCCCCC(=O)CCCCOC1CC(CO)C(O)C(O)C1C)(COCCC(=O)CCCCCC(=O)CCCCOC1CC(CO)C(O)C(O)C1C)CC(=O)CCCCCCCCCCC(=O)N1C[C@H](O)C[C@H]1COP(=O)([O-])OC. The van der Waals surface area contributed by atoms with Gasteiger partial charge in [0.05, 0.1) is 113 Å². The Kier molecular flexibility index (Phi) is 54.6. The third-order valence-corrected chi connectivity index (χ3v) is 25.4. The van der Waals surface area contributed by atoms with Gasteiger partial charge in [-0.2, -0.15) is 0 Å². The summed E-state index contributed by atoms with van der Waals surface area (Å²) in [6, 6.07) is -0.570. The summed E-state index contributed by atoms with van der Waals surface area (Å²) in [5, 5.41) is 101. The molecule has 0 spiro atoms. The zero-order valence-electron chi connectivity index (χ0n) is 70.9. The van der Waals surface area contributed by atoms with Crippen LogP contribution in [0.4, 0.5) is 0 Å². The molecule has 3 saturated carbocycles. The minimum Gasteiger partial charge on any atom is -0.756 e. The van der Waals surface area contributed by atoms with Crippen molar-refractivity contribution in [1.29, 1.82) is 0 Å². The van der Waals surface area contributed by atoms with Crippen molar-refractivity contribution in [3.05, 3.63) is 12.2 Å². The van der Waals surface area contributed by atoms with Gasteiger partial charge in [-0.25, -0.2) is 0 Å². The Bertz CT molecular complexity index is 2580. The molecule has 116 heavy (non-hydrogen) atoms. The number of carbonyl (C=O) groups is 7. The van der Waals surface area contributed by atoms with Crippen LogP contribution in [-0.4, -0.2) is 263 Å². The van der Waals surface area contributed by atoms with Crippen molar-refractivity contribution in [3.63, 3.8) is 0 Å². The third-order valence-electron chi connectivity index (χ3n) is 24.4. The zero-order valence-corrected chi connectivity index (χ0v) is 71.8. The molecule has 28 nitrogen and oxygen atoms in total. The number of phosphoric acid groups is 1. The highest BCUT2D eigenvalue weighted by Gasteiger charge is 2.44. The predicted molar refractivity (Wildman–Crippen MR) is 435 cm³/mol. The van der Waals surface area contributed by atoms with Gasteiger partial charge in [-0.1, -0.05) is 90.7 Å². The number of carbonyl (C=O) groups excluding carboxylic acids is 7. The van der Waals surface area contributed by atoms with Gasteiger partial charge in [0, 0.05) is 178 Å². The van der Waals surface area contributed by atoms with Crippen LogP contribution in [-0.2, 0) is 75.6 Å². The van der Waals surface area contributed by atoms with Crippen LogP contribution < -0.4 is 4.89 Å². The summed E-state index contributed by atoms with van der Waals surface area (Å²) in [6.07, 6.45) is 16.4. The van der Waals surface area contributed by atoms with E-state index < -0.39 is 79.8 Å². The van der Waals surface area contributed by atoms with Crippen molar-refractivity contribution in [2.24, 2.45) is 40.9 Å². The largest absolute Gasteiger partial charge is 0.756 e. The Morgan fingerprint density at radius 2 is 0.698 bits per heavy atom. The molecule has 3 aliphatic carbocycles. The number of likely N-dealkylation sites (tertiary alicyclic amines) is 1. The number of aliphatic hydroxyl groups excluding tert-OH is 10. The monoisotopic (exact) mass is 1680 g/mol. The van der Waals surface area contributed by atoms with Crippen molar-refractivity contribution in [2.45, 2.75) is 358 Å². The molecule has 16 unspecified atom stereocenters. The van der Waals surface area contributed by atoms with Crippen molar-refractivity contribution < 1.29 is 132 Å². The maximum Gasteiger partial charge on any atom is 0.267 e. The van der Waals surface area contributed by atoms with Gasteiger partial charge in [0.1, 0.15) is 34.7 Å². The first-order chi connectivity index (χ1) is 55.6. The van der Waals surface area contributed by atoms with E-state index in [2.05, 4.69) is 11.1 Å². The van der Waals surface area contributed by atoms with Crippen molar-refractivity contribution in [1.82, 2.24) is 4.90 Å². The molecule has 0 aromatic heterocycles. The molecule has 1 saturated heterocycles. The second kappa shape index (κ2) is 60.3. The van der Waals surface area contributed by atoms with Crippen LogP contribution in [0.2, 0.25) is 0 Å². The summed E-state index contributed by atoms with van der Waals surface area (Å²) in [5.41, 5.74) is -0.00218. The number of unbranched alkanes of at least 4 members (excludes halogenated alkanes) is 16. The fraction of sp³-hybridized carbons (Fsp3) is 0.897. The Labute approximate surface area is 691 Å². The van der Waals surface area contributed by atoms with Gasteiger partial charge in [0.25, 0.3) is 7.82 Å². The van der Waals surface area contributed by atoms with Gasteiger partial charge in [0.15, 0.2) is 0 Å². The first-order valence-corrected chi connectivity index (χ1v) is 45.8. The van der Waals surface area contributed by atoms with Gasteiger partial charge in [-0.15, -0.1) is 0 Å². The summed E-state index contributed by atoms with van der Waals surface area (Å²) in [5.74, 6) is -1.86. The number of nitrogens with zero attached hydrogens (tertiary/aromatic N) is 1. The van der Waals surface area contributed by atoms with E-state index in [0.717, 1.165) is 76.9 Å². The average Bonchev–Trinajstić information content (AvgIpc) is 1.36. The van der Waals surface area contributed by atoms with E-state index in [0.29, 0.717) is 200 Å². The van der Waals surface area contributed by atoms with E-state index in [1.807, 2.05) is 20.8 Å². The van der Waals surface area contributed by atoms with E-state index in [1.165, 1.54) is 4.90 Å². The molecular formula is C87H153NO27P-. The maximum absolute atomic E-state index is 14.2. The lowest BCUT2D eigenvalue weighted by molar-refractivity contribution is -0.224. The number of ketones is 6. The molecule has 674 valence electrons. The van der Waals surface area contributed by atoms with E-state index >= 15 is 0 Å². The Morgan fingerprint density at radius 3 is 1.05 bits per heavy atom. The van der Waals surface area contributed by atoms with Gasteiger partial charge >= 0.3 is 0 Å². The number of hydrogen-bond acceptors (Lipinski definition) is 27. The smallest absolute Gasteiger partial charge is 0.267 e. The van der Waals surface area contributed by atoms with Crippen molar-refractivity contribution in [3.8, 4) is 0 Å². The van der Waals surface area contributed by atoms with Gasteiger partial charge in [-0.05, 0) is 128 Å². The van der Waals surface area contributed by atoms with Gasteiger partial charge in [-0.3, -0.25) is 38.1 Å². The van der Waals surface area contributed by atoms with Gasteiger partial charge < -0.3 is 98.3 Å². The minimum absolute atomic E-state index is 0.00321. The molecule has 4 rings (SSSR count). The molecule has 1 heterocycles. The number of amides is 1. The predicted octanol–water partition coefficient (Wildman–Crippen LogP) is 9.18. The van der Waals surface area contributed by atoms with Crippen LogP contribution in [0.15, 0.2) is 12.2 Å². The minimum atomic E-state index is -4.49. The molecule has 10 N–H and O–H groups in total. The normalized spacial score (nSPS) is 26.7. The van der Waals surface area contributed by atoms with Crippen LogP contribution in [0.5, 0.6) is 0 Å². The summed E-state index contributed by atoms with van der Waals surface area (Å²) in [7, 11) is -3.49. The average molecular weight is 1680 g/mol. The Balaban J connectivity index is 1.28. The molecule has 0 aromatic carbocycles. The second-order valence-corrected chi connectivity index (χ2v) is 35.8. The summed E-state index contributed by atoms with van der Waals surface area (Å²) in [6.45, 7) is 10.8. The molecule has 0 aromatic rings. The summed E-state index contributed by atoms with van der Waals surface area (Å²) < 4.78 is 58.2. The number of phosphoric ester groups is 1. The van der Waals surface area contributed by atoms with Crippen LogP contribution in [0, 0.1) is 40.9 Å². The molecule has 0 bridgehead atoms. The standard InChI is InChI=1S/C87H154NO27P/c1-62(29-15-12-17-30-70(92)35-23-26-43-112-77-49-66(55-89)84(103)81(100)63(77)2)40-46-109-59-87(53-75(97)38-16-10-8-6-7-9-11-22-39-80(99)88-54-76(98)52-69(88)58-115-116(106,107)108-5,60-110-47-41-73(95)33-20-13-18-31-71(93)36-24-27-44-113-78-50-67(56-90)85(104)82(101)64(78)3)61-111-48-42-74(96)34-21-14-19-32-72(94)37-25-28-45-114-79-51-68(57-91)86(105)83(102)65(79)4/h63-69,76-79,81-86,89-91,98,100-105H,1,6-61H2,2-5H3,(H,106,107)/p-1/t63?,64?,65?,66?,67?,68?,69-,76+,77?,78?,79?,81?,82?,83?,84?,85?,86?,87?/m0/s1. The lowest BCUT2D eigenvalue weighted by Gasteiger charge is -2.40. The molecule has 4 aliphatic rings. The van der Waals surface area contributed by atoms with Crippen LogP contribution in [0.3, 0.4) is 0 Å². The van der Waals surface area contributed by atoms with Crippen LogP contribution in [0.25, 0.3) is 0 Å². The van der Waals surface area contributed by atoms with E-state index in [9.17, 15) is 94.1 Å². The number of aliphatic hydroxyl groups is 10. The summed E-state index contributed by atoms with van der Waals surface area (Å²) >= 11 is 0. The van der Waals surface area contributed by atoms with Crippen molar-refractivity contribution in [2.75, 3.05) is 99.5 Å². The molecule has 1 aliphatic heterocycles. The van der Waals surface area contributed by atoms with Crippen LogP contribution in [0.1, 0.15) is 290 Å². The molecule has 4 fully saturated rings. The van der Waals surface area contributed by atoms with Crippen LogP contribution >= 0.6 is 7.82 Å². The lowest BCUT2D eigenvalue weighted by Crippen LogP contribution is -2.50. The molecular weight excluding hydrogens is 1520 g/mol. The Morgan fingerprint density at radius 1 is 0.397 bits per heavy atom. The molecule has 1 amide bonds. The number of Topliss-reactive ketones (excluding diaryl/α,β-unsaturated/α-hetero) is 6. The fourth-order valence-electron chi connectivity index (χ4n) is 16.5. The molecule has 29 heteroatoms. The fourth-order valence-corrected chi connectivity index (χ4v) is 16.9. The lowest BCUT2D eigenvalue weighted by atomic mass is 9.77. The first-order valence-electron chi connectivity index (χ1n) is 44.3. The molecule has 0 radical (unpaired) electrons. The third kappa shape index (κ3) is 42.2. The van der Waals surface area contributed by atoms with E-state index in [4.69, 9.17) is 32.9 Å². The number of β-amino-alcohol motifs (C(OH)–C–C–N with tert-alkyl or cyclic N) is 1. The highest BCUT2D eigenvalue weighted by Crippen LogP contribution is 2.39. The Hall–Kier alpha value is -3.30. The van der Waals surface area contributed by atoms with Gasteiger partial charge in [0.2, 0.25) is 5.91 Å². The second-order valence-electron chi connectivity index (χ2n) is 34.2. The summed E-state index contributed by atoms with van der Waals surface area (Å²) in [4.78, 5) is 105. The van der Waals surface area contributed by atoms with E-state index in [1.54, 1.807) is 0 Å². The molecule has 18 atom stereocenters. The first kappa shape index (κ1) is 105. The zero-order chi connectivity index (χ0) is 85.3. The maximum atomic E-state index is 14.2. The number of ether oxygens (including phenoxy) is 6. The number of hydrogen-bond donors (Lipinski definition) is 10. The quantitative estimate of drug-likeness (QED) is 0.0154. The van der Waals surface area contributed by atoms with E-state index in [-0.39, 0.29) is 175 Å². The highest BCUT2D eigenvalue weighted by atomic mass is 31.2.